The molecule has 6 heteroatoms. The average Bonchev–Trinajstić information content (AvgIpc) is 2.70. The van der Waals surface area contributed by atoms with Gasteiger partial charge >= 0.3 is 0 Å². The molecule has 0 spiro atoms. The van der Waals surface area contributed by atoms with Crippen LogP contribution in [0.25, 0.3) is 11.0 Å². The van der Waals surface area contributed by atoms with Crippen LogP contribution in [0.1, 0.15) is 28.2 Å². The van der Waals surface area contributed by atoms with Gasteiger partial charge in [0.1, 0.15) is 17.1 Å². The molecule has 0 atom stereocenters. The van der Waals surface area contributed by atoms with Crippen molar-refractivity contribution in [2.45, 2.75) is 12.8 Å². The Morgan fingerprint density at radius 2 is 1.78 bits per heavy atom. The third-order valence-corrected chi connectivity index (χ3v) is 5.60. The minimum Gasteiger partial charge on any atom is -0.368 e. The zero-order chi connectivity index (χ0) is 18.4. The molecule has 3 heterocycles. The summed E-state index contributed by atoms with van der Waals surface area (Å²) >= 11 is 0. The van der Waals surface area contributed by atoms with Crippen molar-refractivity contribution in [3.63, 3.8) is 0 Å². The molecule has 1 fully saturated rings. The highest BCUT2D eigenvalue weighted by atomic mass is 15.2. The van der Waals surface area contributed by atoms with Gasteiger partial charge in [0.2, 0.25) is 0 Å². The van der Waals surface area contributed by atoms with E-state index in [1.807, 2.05) is 24.4 Å². The molecule has 5 rings (SSSR count). The molecule has 1 aliphatic carbocycles. The molecular weight excluding hydrogens is 336 g/mol. The number of nitrogens with zero attached hydrogens (tertiary/aromatic N) is 6. The second kappa shape index (κ2) is 6.29. The van der Waals surface area contributed by atoms with Crippen LogP contribution in [0.2, 0.25) is 0 Å². The molecule has 1 aromatic carbocycles. The van der Waals surface area contributed by atoms with Crippen LogP contribution in [0.15, 0.2) is 30.5 Å². The van der Waals surface area contributed by atoms with Crippen LogP contribution in [0.4, 0.5) is 5.69 Å². The molecule has 0 radical (unpaired) electrons. The van der Waals surface area contributed by atoms with E-state index in [9.17, 15) is 5.26 Å². The van der Waals surface area contributed by atoms with Gasteiger partial charge in [-0.1, -0.05) is 6.07 Å². The molecule has 0 unspecified atom stereocenters. The maximum absolute atomic E-state index is 9.89. The van der Waals surface area contributed by atoms with Gasteiger partial charge in [-0.3, -0.25) is 4.98 Å². The fraction of sp³-hybridized carbons (Fsp3) is 0.333. The minimum absolute atomic E-state index is 0.638. The number of rotatable bonds is 1. The molecule has 2 aliphatic rings. The van der Waals surface area contributed by atoms with Crippen LogP contribution in [-0.2, 0) is 12.8 Å². The summed E-state index contributed by atoms with van der Waals surface area (Å²) < 4.78 is 0. The van der Waals surface area contributed by atoms with Crippen LogP contribution < -0.4 is 4.90 Å². The Hall–Kier alpha value is -3.04. The molecule has 1 aliphatic heterocycles. The third-order valence-electron chi connectivity index (χ3n) is 5.60. The van der Waals surface area contributed by atoms with Gasteiger partial charge in [-0.2, -0.15) is 5.26 Å². The Morgan fingerprint density at radius 1 is 0.963 bits per heavy atom. The van der Waals surface area contributed by atoms with Gasteiger partial charge in [-0.15, -0.1) is 0 Å². The lowest BCUT2D eigenvalue weighted by Gasteiger charge is -2.34. The highest BCUT2D eigenvalue weighted by Gasteiger charge is 2.23. The normalized spacial score (nSPS) is 16.7. The quantitative estimate of drug-likeness (QED) is 0.520. The maximum Gasteiger partial charge on any atom is 0.109 e. The first-order chi connectivity index (χ1) is 13.2. The Kier molecular flexibility index (Phi) is 3.76. The van der Waals surface area contributed by atoms with Crippen LogP contribution >= 0.6 is 0 Å². The number of likely N-dealkylation sites (N-methyl/N-ethyl adjacent to an activating group) is 1. The number of aromatic nitrogens is 3. The van der Waals surface area contributed by atoms with E-state index in [0.29, 0.717) is 17.5 Å². The van der Waals surface area contributed by atoms with Crippen molar-refractivity contribution in [2.75, 3.05) is 38.1 Å². The van der Waals surface area contributed by atoms with E-state index in [0.717, 1.165) is 60.9 Å². The van der Waals surface area contributed by atoms with Gasteiger partial charge < -0.3 is 9.80 Å². The number of anilines is 1. The fourth-order valence-corrected chi connectivity index (χ4v) is 4.02. The predicted octanol–water partition coefficient (Wildman–Crippen LogP) is 2.14. The summed E-state index contributed by atoms with van der Waals surface area (Å²) in [6.07, 6.45) is 3.26. The van der Waals surface area contributed by atoms with E-state index in [1.54, 1.807) is 0 Å². The van der Waals surface area contributed by atoms with Crippen molar-refractivity contribution >= 4 is 16.7 Å². The van der Waals surface area contributed by atoms with Crippen molar-refractivity contribution in [1.82, 2.24) is 19.9 Å². The predicted molar refractivity (Wildman–Crippen MR) is 104 cm³/mol. The van der Waals surface area contributed by atoms with Crippen molar-refractivity contribution in [3.8, 4) is 6.07 Å². The van der Waals surface area contributed by atoms with E-state index < -0.39 is 0 Å². The first-order valence-electron chi connectivity index (χ1n) is 9.32. The van der Waals surface area contributed by atoms with Crippen LogP contribution in [0, 0.1) is 11.3 Å². The van der Waals surface area contributed by atoms with Crippen molar-refractivity contribution in [3.05, 3.63) is 58.7 Å². The average molecular weight is 356 g/mol. The molecular formula is C21H20N6. The van der Waals surface area contributed by atoms with Gasteiger partial charge in [-0.25, -0.2) is 9.97 Å². The fourth-order valence-electron chi connectivity index (χ4n) is 4.02. The standard InChI is InChI=1S/C21H20N6/c1-26-7-9-27(10-8-26)20-5-4-16-21(15(20)13-22)25-19-12-17-14(3-2-6-23-17)11-18(19)24-16/h2-6H,7-12H2,1H3. The Bertz CT molecular complexity index is 1080. The third kappa shape index (κ3) is 2.71. The second-order valence-corrected chi connectivity index (χ2v) is 7.31. The lowest BCUT2D eigenvalue weighted by Crippen LogP contribution is -2.44. The minimum atomic E-state index is 0.638. The highest BCUT2D eigenvalue weighted by molar-refractivity contribution is 5.87. The Labute approximate surface area is 158 Å². The zero-order valence-corrected chi connectivity index (χ0v) is 15.3. The van der Waals surface area contributed by atoms with Gasteiger partial charge in [0.25, 0.3) is 0 Å². The number of fused-ring (bicyclic) bond motifs is 3. The Balaban J connectivity index is 1.61. The van der Waals surface area contributed by atoms with E-state index in [4.69, 9.17) is 9.97 Å². The number of piperazine rings is 1. The van der Waals surface area contributed by atoms with E-state index in [1.165, 1.54) is 5.56 Å². The smallest absolute Gasteiger partial charge is 0.109 e. The molecule has 0 amide bonds. The first-order valence-corrected chi connectivity index (χ1v) is 9.32. The molecule has 6 nitrogen and oxygen atoms in total. The molecule has 134 valence electrons. The van der Waals surface area contributed by atoms with Gasteiger partial charge in [0.15, 0.2) is 0 Å². The first kappa shape index (κ1) is 16.2. The topological polar surface area (TPSA) is 68.9 Å². The number of hydrogen-bond donors (Lipinski definition) is 0. The van der Waals surface area contributed by atoms with Crippen molar-refractivity contribution < 1.29 is 0 Å². The lowest BCUT2D eigenvalue weighted by molar-refractivity contribution is 0.313. The summed E-state index contributed by atoms with van der Waals surface area (Å²) in [5.41, 5.74) is 7.35. The van der Waals surface area contributed by atoms with Gasteiger partial charge in [0, 0.05) is 50.9 Å². The monoisotopic (exact) mass is 356 g/mol. The summed E-state index contributed by atoms with van der Waals surface area (Å²) in [6.45, 7) is 3.85. The molecule has 27 heavy (non-hydrogen) atoms. The van der Waals surface area contributed by atoms with Crippen molar-refractivity contribution in [2.24, 2.45) is 0 Å². The van der Waals surface area contributed by atoms with E-state index in [2.05, 4.69) is 34.0 Å². The molecule has 1 saturated heterocycles. The van der Waals surface area contributed by atoms with Crippen LogP contribution in [0.3, 0.4) is 0 Å². The number of pyridine rings is 1. The Morgan fingerprint density at radius 3 is 2.59 bits per heavy atom. The molecule has 0 N–H and O–H groups in total. The number of nitriles is 1. The zero-order valence-electron chi connectivity index (χ0n) is 15.3. The summed E-state index contributed by atoms with van der Waals surface area (Å²) in [5.74, 6) is 0. The molecule has 2 aromatic heterocycles. The highest BCUT2D eigenvalue weighted by Crippen LogP contribution is 2.30. The van der Waals surface area contributed by atoms with Crippen LogP contribution in [-0.4, -0.2) is 53.1 Å². The summed E-state index contributed by atoms with van der Waals surface area (Å²) in [6, 6.07) is 10.5. The van der Waals surface area contributed by atoms with E-state index >= 15 is 0 Å². The van der Waals surface area contributed by atoms with Gasteiger partial charge in [-0.05, 0) is 30.8 Å². The SMILES string of the molecule is CN1CCN(c2ccc3nc4c(nc3c2C#N)Cc2ncccc2C4)CC1. The largest absolute Gasteiger partial charge is 0.368 e. The molecule has 0 saturated carbocycles. The molecule has 3 aromatic rings. The van der Waals surface area contributed by atoms with Gasteiger partial charge in [0.05, 0.1) is 22.6 Å². The summed E-state index contributed by atoms with van der Waals surface area (Å²) in [5, 5.41) is 9.89. The van der Waals surface area contributed by atoms with Crippen LogP contribution in [0.5, 0.6) is 0 Å². The number of benzene rings is 1. The summed E-state index contributed by atoms with van der Waals surface area (Å²) in [7, 11) is 2.13. The number of hydrogen-bond acceptors (Lipinski definition) is 6. The summed E-state index contributed by atoms with van der Waals surface area (Å²) in [4.78, 5) is 18.8. The maximum atomic E-state index is 9.89. The van der Waals surface area contributed by atoms with Crippen molar-refractivity contribution in [1.29, 1.82) is 5.26 Å². The lowest BCUT2D eigenvalue weighted by atomic mass is 9.95. The second-order valence-electron chi connectivity index (χ2n) is 7.31. The molecule has 0 bridgehead atoms. The van der Waals surface area contributed by atoms with E-state index in [-0.39, 0.29) is 0 Å².